The van der Waals surface area contributed by atoms with Gasteiger partial charge in [0.05, 0.1) is 16.3 Å². The molecule has 7 nitrogen and oxygen atoms in total. The molecule has 10 heteroatoms. The zero-order valence-electron chi connectivity index (χ0n) is 15.0. The number of amides is 1. The fourth-order valence-electron chi connectivity index (χ4n) is 3.63. The van der Waals surface area contributed by atoms with Gasteiger partial charge in [0.25, 0.3) is 0 Å². The number of nitrogens with two attached hydrogens (primary N) is 1. The topological polar surface area (TPSA) is 84.6 Å². The Morgan fingerprint density at radius 2 is 1.89 bits per heavy atom. The Kier molecular flexibility index (Phi) is 8.05. The van der Waals surface area contributed by atoms with Crippen molar-refractivity contribution in [3.05, 3.63) is 17.8 Å². The van der Waals surface area contributed by atoms with E-state index in [0.717, 1.165) is 42.0 Å². The number of hydrogen-bond acceptors (Lipinski definition) is 7. The maximum atomic E-state index is 12.7. The standard InChI is InChI=1S/C17H23N5O2S.2ClH/c18-14(12-1-8-24-9-2-12)17(23)22-6-4-21(5-7-22)16-15-13(3-10-25-15)19-11-20-16;;/h3,10-12,14H,1-2,4-9,18H2;2*1H. The first kappa shape index (κ1) is 22.1. The van der Waals surface area contributed by atoms with E-state index >= 15 is 0 Å². The van der Waals surface area contributed by atoms with Crippen molar-refractivity contribution in [2.75, 3.05) is 44.3 Å². The van der Waals surface area contributed by atoms with Crippen LogP contribution >= 0.6 is 36.2 Å². The molecule has 1 unspecified atom stereocenters. The molecule has 150 valence electrons. The summed E-state index contributed by atoms with van der Waals surface area (Å²) in [4.78, 5) is 25.6. The number of aromatic nitrogens is 2. The number of thiophene rings is 1. The summed E-state index contributed by atoms with van der Waals surface area (Å²) in [5.41, 5.74) is 7.23. The highest BCUT2D eigenvalue weighted by Gasteiger charge is 2.32. The van der Waals surface area contributed by atoms with Gasteiger partial charge in [-0.15, -0.1) is 36.2 Å². The first-order valence-electron chi connectivity index (χ1n) is 8.79. The summed E-state index contributed by atoms with van der Waals surface area (Å²) in [5.74, 6) is 1.29. The van der Waals surface area contributed by atoms with E-state index < -0.39 is 6.04 Å². The van der Waals surface area contributed by atoms with Gasteiger partial charge in [-0.2, -0.15) is 0 Å². The van der Waals surface area contributed by atoms with Crippen LogP contribution in [0.1, 0.15) is 12.8 Å². The molecule has 0 radical (unpaired) electrons. The molecule has 4 rings (SSSR count). The van der Waals surface area contributed by atoms with Gasteiger partial charge >= 0.3 is 0 Å². The summed E-state index contributed by atoms with van der Waals surface area (Å²) in [6.45, 7) is 4.35. The largest absolute Gasteiger partial charge is 0.381 e. The zero-order valence-corrected chi connectivity index (χ0v) is 17.4. The van der Waals surface area contributed by atoms with E-state index in [2.05, 4.69) is 14.9 Å². The van der Waals surface area contributed by atoms with E-state index in [0.29, 0.717) is 26.3 Å². The molecular formula is C17H25Cl2N5O2S. The third-order valence-corrected chi connectivity index (χ3v) is 6.07. The van der Waals surface area contributed by atoms with Crippen molar-refractivity contribution in [2.24, 2.45) is 11.7 Å². The predicted octanol–water partition coefficient (Wildman–Crippen LogP) is 1.94. The van der Waals surface area contributed by atoms with E-state index in [1.807, 2.05) is 16.3 Å². The number of anilines is 1. The number of ether oxygens (including phenoxy) is 1. The molecule has 1 atom stereocenters. The summed E-state index contributed by atoms with van der Waals surface area (Å²) in [6, 6.07) is 1.61. The van der Waals surface area contributed by atoms with Crippen LogP contribution < -0.4 is 10.6 Å². The Labute approximate surface area is 175 Å². The van der Waals surface area contributed by atoms with Gasteiger partial charge in [-0.25, -0.2) is 9.97 Å². The van der Waals surface area contributed by atoms with Gasteiger partial charge in [0.15, 0.2) is 0 Å². The molecule has 2 aromatic rings. The van der Waals surface area contributed by atoms with E-state index in [1.54, 1.807) is 17.7 Å². The minimum absolute atomic E-state index is 0. The number of nitrogens with zero attached hydrogens (tertiary/aromatic N) is 4. The van der Waals surface area contributed by atoms with E-state index in [-0.39, 0.29) is 36.6 Å². The van der Waals surface area contributed by atoms with Crippen molar-refractivity contribution >= 4 is 58.1 Å². The molecule has 1 amide bonds. The van der Waals surface area contributed by atoms with Crippen molar-refractivity contribution in [3.8, 4) is 0 Å². The molecule has 2 aromatic heterocycles. The molecule has 27 heavy (non-hydrogen) atoms. The van der Waals surface area contributed by atoms with Crippen molar-refractivity contribution in [3.63, 3.8) is 0 Å². The summed E-state index contributed by atoms with van der Waals surface area (Å²) in [7, 11) is 0. The highest BCUT2D eigenvalue weighted by Crippen LogP contribution is 2.28. The molecule has 0 aliphatic carbocycles. The highest BCUT2D eigenvalue weighted by molar-refractivity contribution is 7.17. The first-order valence-corrected chi connectivity index (χ1v) is 9.67. The van der Waals surface area contributed by atoms with Crippen molar-refractivity contribution in [1.82, 2.24) is 14.9 Å². The molecular weight excluding hydrogens is 409 g/mol. The Balaban J connectivity index is 0.00000131. The molecule has 0 bridgehead atoms. The minimum atomic E-state index is -0.404. The van der Waals surface area contributed by atoms with Crippen LogP contribution in [-0.4, -0.2) is 66.2 Å². The van der Waals surface area contributed by atoms with E-state index in [9.17, 15) is 4.79 Å². The van der Waals surface area contributed by atoms with Gasteiger partial charge in [-0.1, -0.05) is 0 Å². The van der Waals surface area contributed by atoms with Crippen LogP contribution in [-0.2, 0) is 9.53 Å². The van der Waals surface area contributed by atoms with Crippen LogP contribution in [0.2, 0.25) is 0 Å². The third-order valence-electron chi connectivity index (χ3n) is 5.17. The quantitative estimate of drug-likeness (QED) is 0.795. The lowest BCUT2D eigenvalue weighted by Crippen LogP contribution is -2.55. The second kappa shape index (κ2) is 9.84. The predicted molar refractivity (Wildman–Crippen MR) is 112 cm³/mol. The molecule has 2 aliphatic rings. The lowest BCUT2D eigenvalue weighted by atomic mass is 9.91. The molecule has 2 aliphatic heterocycles. The van der Waals surface area contributed by atoms with E-state index in [1.165, 1.54) is 0 Å². The van der Waals surface area contributed by atoms with Crippen LogP contribution in [0.15, 0.2) is 17.8 Å². The second-order valence-electron chi connectivity index (χ2n) is 6.62. The average molecular weight is 434 g/mol. The lowest BCUT2D eigenvalue weighted by molar-refractivity contribution is -0.135. The fraction of sp³-hybridized carbons (Fsp3) is 0.588. The van der Waals surface area contributed by atoms with Crippen LogP contribution in [0.5, 0.6) is 0 Å². The molecule has 0 aromatic carbocycles. The third kappa shape index (κ3) is 4.63. The van der Waals surface area contributed by atoms with Crippen LogP contribution in [0, 0.1) is 5.92 Å². The van der Waals surface area contributed by atoms with Gasteiger partial charge in [0, 0.05) is 39.4 Å². The van der Waals surface area contributed by atoms with Crippen molar-refractivity contribution in [1.29, 1.82) is 0 Å². The summed E-state index contributed by atoms with van der Waals surface area (Å²) < 4.78 is 6.48. The van der Waals surface area contributed by atoms with Gasteiger partial charge in [0.1, 0.15) is 12.1 Å². The number of halogens is 2. The van der Waals surface area contributed by atoms with Gasteiger partial charge in [0.2, 0.25) is 5.91 Å². The average Bonchev–Trinajstić information content (AvgIpc) is 3.16. The van der Waals surface area contributed by atoms with Gasteiger partial charge in [-0.05, 0) is 30.2 Å². The maximum Gasteiger partial charge on any atom is 0.239 e. The number of rotatable bonds is 3. The molecule has 4 heterocycles. The minimum Gasteiger partial charge on any atom is -0.381 e. The molecule has 2 N–H and O–H groups in total. The summed E-state index contributed by atoms with van der Waals surface area (Å²) in [5, 5.41) is 2.04. The normalized spacial score (nSPS) is 19.3. The monoisotopic (exact) mass is 433 g/mol. The molecule has 2 saturated heterocycles. The second-order valence-corrected chi connectivity index (χ2v) is 7.54. The number of carbonyl (C=O) groups excluding carboxylic acids is 1. The molecule has 0 saturated carbocycles. The number of fused-ring (bicyclic) bond motifs is 1. The number of piperazine rings is 1. The number of hydrogen-bond donors (Lipinski definition) is 1. The van der Waals surface area contributed by atoms with Crippen LogP contribution in [0.4, 0.5) is 5.82 Å². The number of carbonyl (C=O) groups is 1. The van der Waals surface area contributed by atoms with E-state index in [4.69, 9.17) is 10.5 Å². The Morgan fingerprint density at radius 1 is 1.19 bits per heavy atom. The lowest BCUT2D eigenvalue weighted by Gasteiger charge is -2.38. The molecule has 2 fully saturated rings. The zero-order chi connectivity index (χ0) is 17.2. The van der Waals surface area contributed by atoms with Crippen LogP contribution in [0.25, 0.3) is 10.2 Å². The summed E-state index contributed by atoms with van der Waals surface area (Å²) >= 11 is 1.66. The molecule has 0 spiro atoms. The fourth-order valence-corrected chi connectivity index (χ4v) is 4.49. The Bertz CT molecular complexity index is 748. The first-order chi connectivity index (χ1) is 12.2. The SMILES string of the molecule is Cl.Cl.NC(C(=O)N1CCN(c2ncnc3ccsc23)CC1)C1CCOCC1. The summed E-state index contributed by atoms with van der Waals surface area (Å²) in [6.07, 6.45) is 3.37. The van der Waals surface area contributed by atoms with Crippen molar-refractivity contribution in [2.45, 2.75) is 18.9 Å². The van der Waals surface area contributed by atoms with Crippen molar-refractivity contribution < 1.29 is 9.53 Å². The Hall–Kier alpha value is -1.19. The van der Waals surface area contributed by atoms with Gasteiger partial charge < -0.3 is 20.3 Å². The highest BCUT2D eigenvalue weighted by atomic mass is 35.5. The maximum absolute atomic E-state index is 12.7. The smallest absolute Gasteiger partial charge is 0.239 e. The Morgan fingerprint density at radius 3 is 2.59 bits per heavy atom. The van der Waals surface area contributed by atoms with Gasteiger partial charge in [-0.3, -0.25) is 4.79 Å². The van der Waals surface area contributed by atoms with Crippen LogP contribution in [0.3, 0.4) is 0 Å².